The molecule has 0 spiro atoms. The maximum atomic E-state index is 13.4. The fraction of sp³-hybridized carbons (Fsp3) is 0.455. The zero-order chi connectivity index (χ0) is 22.5. The minimum Gasteiger partial charge on any atom is -0.396 e. The fourth-order valence-corrected chi connectivity index (χ4v) is 6.32. The van der Waals surface area contributed by atoms with E-state index in [0.717, 1.165) is 22.1 Å². The molecule has 1 aliphatic rings. The monoisotopic (exact) mass is 445 g/mol. The summed E-state index contributed by atoms with van der Waals surface area (Å²) in [6.07, 6.45) is 3.23. The molecule has 0 amide bonds. The van der Waals surface area contributed by atoms with Crippen LogP contribution in [0, 0.1) is 0 Å². The third-order valence-electron chi connectivity index (χ3n) is 6.06. The van der Waals surface area contributed by atoms with Gasteiger partial charge in [-0.25, -0.2) is 13.2 Å². The lowest BCUT2D eigenvalue weighted by Crippen LogP contribution is -2.38. The highest BCUT2D eigenvalue weighted by Gasteiger charge is 2.33. The van der Waals surface area contributed by atoms with Crippen molar-refractivity contribution in [3.05, 3.63) is 62.4 Å². The van der Waals surface area contributed by atoms with Gasteiger partial charge in [0.25, 0.3) is 5.56 Å². The van der Waals surface area contributed by atoms with Crippen molar-refractivity contribution in [3.8, 4) is 0 Å². The van der Waals surface area contributed by atoms with E-state index in [0.29, 0.717) is 11.9 Å². The zero-order valence-corrected chi connectivity index (χ0v) is 18.7. The second-order valence-electron chi connectivity index (χ2n) is 8.36. The highest BCUT2D eigenvalue weighted by atomic mass is 32.2. The molecule has 1 aliphatic carbocycles. The van der Waals surface area contributed by atoms with Gasteiger partial charge in [0.15, 0.2) is 14.9 Å². The summed E-state index contributed by atoms with van der Waals surface area (Å²) in [6, 6.07) is 7.38. The van der Waals surface area contributed by atoms with Crippen molar-refractivity contribution in [2.75, 3.05) is 12.4 Å². The molecule has 2 heterocycles. The molecule has 2 aromatic heterocycles. The Morgan fingerprint density at radius 3 is 2.58 bits per heavy atom. The van der Waals surface area contributed by atoms with Crippen LogP contribution in [0.4, 0.5) is 0 Å². The zero-order valence-electron chi connectivity index (χ0n) is 17.9. The van der Waals surface area contributed by atoms with Crippen LogP contribution in [0.25, 0.3) is 10.9 Å². The smallest absolute Gasteiger partial charge is 0.331 e. The van der Waals surface area contributed by atoms with Gasteiger partial charge >= 0.3 is 5.69 Å². The van der Waals surface area contributed by atoms with Crippen molar-refractivity contribution in [1.82, 2.24) is 13.7 Å². The number of rotatable bonds is 6. The molecule has 8 nitrogen and oxygen atoms in total. The maximum absolute atomic E-state index is 13.4. The topological polar surface area (TPSA) is 103 Å². The van der Waals surface area contributed by atoms with E-state index in [1.165, 1.54) is 11.6 Å². The Kier molecular flexibility index (Phi) is 5.43. The summed E-state index contributed by atoms with van der Waals surface area (Å²) in [7, 11) is -2.53. The van der Waals surface area contributed by atoms with Gasteiger partial charge in [-0.15, -0.1) is 0 Å². The van der Waals surface area contributed by atoms with E-state index in [9.17, 15) is 23.1 Å². The molecule has 4 rings (SSSR count). The standard InChI is InChI=1S/C22H27N3O5S/c1-14(2)25-18-13-24(17-10-9-15-7-4-5-8-16(15)17)21(31(29,30)12-6-11-26)19(18)20(27)23(3)22(25)28/h4-5,7-8,13-14,17,26H,6,9-12H2,1-3H3. The lowest BCUT2D eigenvalue weighted by Gasteiger charge is -2.18. The normalized spacial score (nSPS) is 16.4. The molecular weight excluding hydrogens is 418 g/mol. The van der Waals surface area contributed by atoms with Gasteiger partial charge in [0.1, 0.15) is 5.39 Å². The van der Waals surface area contributed by atoms with Gasteiger partial charge in [0, 0.05) is 25.9 Å². The summed E-state index contributed by atoms with van der Waals surface area (Å²) in [5.74, 6) is -0.277. The summed E-state index contributed by atoms with van der Waals surface area (Å²) in [4.78, 5) is 26.0. The van der Waals surface area contributed by atoms with Gasteiger partial charge in [-0.05, 0) is 44.2 Å². The SMILES string of the molecule is CC(C)n1c(=O)n(C)c(=O)c2c(S(=O)(=O)CCCO)n(C3CCc4ccccc43)cc21. The highest BCUT2D eigenvalue weighted by molar-refractivity contribution is 7.91. The minimum atomic E-state index is -3.90. The van der Waals surface area contributed by atoms with E-state index in [4.69, 9.17) is 0 Å². The highest BCUT2D eigenvalue weighted by Crippen LogP contribution is 2.38. The lowest BCUT2D eigenvalue weighted by atomic mass is 10.1. The summed E-state index contributed by atoms with van der Waals surface area (Å²) in [5.41, 5.74) is 1.41. The second-order valence-corrected chi connectivity index (χ2v) is 10.4. The van der Waals surface area contributed by atoms with Crippen LogP contribution in [0.3, 0.4) is 0 Å². The molecule has 3 aromatic rings. The number of benzene rings is 1. The van der Waals surface area contributed by atoms with Gasteiger partial charge in [-0.3, -0.25) is 13.9 Å². The van der Waals surface area contributed by atoms with E-state index in [1.54, 1.807) is 10.8 Å². The Morgan fingerprint density at radius 2 is 1.90 bits per heavy atom. The molecule has 1 unspecified atom stereocenters. The van der Waals surface area contributed by atoms with Crippen molar-refractivity contribution in [3.63, 3.8) is 0 Å². The van der Waals surface area contributed by atoms with E-state index in [1.807, 2.05) is 38.1 Å². The number of aromatic nitrogens is 3. The Balaban J connectivity index is 2.13. The van der Waals surface area contributed by atoms with Crippen molar-refractivity contribution in [2.45, 2.75) is 50.2 Å². The predicted octanol–water partition coefficient (Wildman–Crippen LogP) is 1.77. The third-order valence-corrected chi connectivity index (χ3v) is 7.89. The molecule has 0 aliphatic heterocycles. The molecule has 0 bridgehead atoms. The van der Waals surface area contributed by atoms with Crippen LogP contribution in [0.15, 0.2) is 45.1 Å². The fourth-order valence-electron chi connectivity index (χ4n) is 4.62. The molecule has 1 aromatic carbocycles. The average molecular weight is 446 g/mol. The first kappa shape index (κ1) is 21.6. The van der Waals surface area contributed by atoms with E-state index in [-0.39, 0.29) is 41.3 Å². The molecular formula is C22H27N3O5S. The molecule has 9 heteroatoms. The van der Waals surface area contributed by atoms with Gasteiger partial charge in [0.05, 0.1) is 17.3 Å². The van der Waals surface area contributed by atoms with E-state index in [2.05, 4.69) is 0 Å². The van der Waals surface area contributed by atoms with Crippen LogP contribution in [0.2, 0.25) is 0 Å². The van der Waals surface area contributed by atoms with Crippen LogP contribution in [-0.4, -0.2) is 39.6 Å². The van der Waals surface area contributed by atoms with Crippen LogP contribution in [0.1, 0.15) is 49.9 Å². The van der Waals surface area contributed by atoms with Crippen molar-refractivity contribution in [1.29, 1.82) is 0 Å². The Morgan fingerprint density at radius 1 is 1.19 bits per heavy atom. The first-order chi connectivity index (χ1) is 14.7. The second kappa shape index (κ2) is 7.80. The average Bonchev–Trinajstić information content (AvgIpc) is 3.32. The number of hydrogen-bond donors (Lipinski definition) is 1. The number of nitrogens with zero attached hydrogens (tertiary/aromatic N) is 3. The number of hydrogen-bond acceptors (Lipinski definition) is 5. The minimum absolute atomic E-state index is 0.0399. The largest absolute Gasteiger partial charge is 0.396 e. The van der Waals surface area contributed by atoms with Gasteiger partial charge in [-0.1, -0.05) is 24.3 Å². The maximum Gasteiger partial charge on any atom is 0.331 e. The van der Waals surface area contributed by atoms with Gasteiger partial charge in [0.2, 0.25) is 0 Å². The number of fused-ring (bicyclic) bond motifs is 2. The number of sulfone groups is 1. The summed E-state index contributed by atoms with van der Waals surface area (Å²) < 4.78 is 30.9. The van der Waals surface area contributed by atoms with Crippen LogP contribution in [0.5, 0.6) is 0 Å². The van der Waals surface area contributed by atoms with Crippen molar-refractivity contribution >= 4 is 20.7 Å². The van der Waals surface area contributed by atoms with Crippen molar-refractivity contribution in [2.24, 2.45) is 7.05 Å². The molecule has 1 N–H and O–H groups in total. The third kappa shape index (κ3) is 3.36. The summed E-state index contributed by atoms with van der Waals surface area (Å²) >= 11 is 0. The molecule has 0 saturated carbocycles. The number of aliphatic hydroxyl groups is 1. The molecule has 0 saturated heterocycles. The Bertz CT molecular complexity index is 1380. The molecule has 0 fully saturated rings. The quantitative estimate of drug-likeness (QED) is 0.623. The first-order valence-corrected chi connectivity index (χ1v) is 12.1. The summed E-state index contributed by atoms with van der Waals surface area (Å²) in [5, 5.41) is 9.20. The lowest BCUT2D eigenvalue weighted by molar-refractivity contribution is 0.295. The Labute approximate surface area is 180 Å². The van der Waals surface area contributed by atoms with E-state index >= 15 is 0 Å². The van der Waals surface area contributed by atoms with Crippen LogP contribution < -0.4 is 11.2 Å². The summed E-state index contributed by atoms with van der Waals surface area (Å²) in [6.45, 7) is 3.39. The molecule has 0 radical (unpaired) electrons. The number of aryl methyl sites for hydroxylation is 1. The van der Waals surface area contributed by atoms with E-state index < -0.39 is 21.1 Å². The van der Waals surface area contributed by atoms with Gasteiger partial charge in [-0.2, -0.15) is 0 Å². The first-order valence-electron chi connectivity index (χ1n) is 10.5. The molecule has 166 valence electrons. The van der Waals surface area contributed by atoms with Crippen molar-refractivity contribution < 1.29 is 13.5 Å². The number of aliphatic hydroxyl groups excluding tert-OH is 1. The molecule has 1 atom stereocenters. The van der Waals surface area contributed by atoms with Crippen LogP contribution >= 0.6 is 0 Å². The Hall–Kier alpha value is -2.65. The van der Waals surface area contributed by atoms with Crippen LogP contribution in [-0.2, 0) is 23.3 Å². The molecule has 31 heavy (non-hydrogen) atoms. The van der Waals surface area contributed by atoms with Gasteiger partial charge < -0.3 is 9.67 Å². The predicted molar refractivity (Wildman–Crippen MR) is 118 cm³/mol.